The average molecular weight is 273 g/mol. The first-order valence-electron chi connectivity index (χ1n) is 5.42. The van der Waals surface area contributed by atoms with Crippen LogP contribution in [0.1, 0.15) is 17.3 Å². The van der Waals surface area contributed by atoms with Crippen LogP contribution in [0, 0.1) is 0 Å². The van der Waals surface area contributed by atoms with Crippen molar-refractivity contribution in [2.75, 3.05) is 31.9 Å². The van der Waals surface area contributed by atoms with Crippen molar-refractivity contribution in [2.24, 2.45) is 0 Å². The molecule has 0 aliphatic carbocycles. The van der Waals surface area contributed by atoms with E-state index in [1.165, 1.54) is 13.2 Å². The van der Waals surface area contributed by atoms with Gasteiger partial charge in [0.25, 0.3) is 0 Å². The van der Waals surface area contributed by atoms with Gasteiger partial charge in [0.1, 0.15) is 0 Å². The van der Waals surface area contributed by atoms with Crippen molar-refractivity contribution >= 4 is 28.9 Å². The molecule has 3 N–H and O–H groups in total. The molecule has 100 valence electrons. The molecule has 0 fully saturated rings. The normalized spacial score (nSPS) is 12.0. The van der Waals surface area contributed by atoms with E-state index in [9.17, 15) is 4.79 Å². The molecular formula is C12H17ClN2O3. The number of hydrogen-bond donors (Lipinski definition) is 2. The minimum atomic E-state index is -0.490. The zero-order valence-corrected chi connectivity index (χ0v) is 11.4. The number of halogens is 1. The molecule has 0 spiro atoms. The number of benzene rings is 1. The van der Waals surface area contributed by atoms with E-state index < -0.39 is 5.97 Å². The number of hydrogen-bond acceptors (Lipinski definition) is 5. The van der Waals surface area contributed by atoms with Crippen LogP contribution in [0.4, 0.5) is 11.4 Å². The summed E-state index contributed by atoms with van der Waals surface area (Å²) in [6, 6.07) is 3.11. The largest absolute Gasteiger partial charge is 0.465 e. The second-order valence-corrected chi connectivity index (χ2v) is 4.32. The predicted molar refractivity (Wildman–Crippen MR) is 72.2 cm³/mol. The van der Waals surface area contributed by atoms with Gasteiger partial charge >= 0.3 is 5.97 Å². The van der Waals surface area contributed by atoms with Crippen molar-refractivity contribution in [3.05, 3.63) is 22.7 Å². The Bertz CT molecular complexity index is 438. The van der Waals surface area contributed by atoms with Crippen LogP contribution in [0.2, 0.25) is 5.02 Å². The summed E-state index contributed by atoms with van der Waals surface area (Å²) in [4.78, 5) is 11.7. The third-order valence-corrected chi connectivity index (χ3v) is 2.62. The number of nitrogens with one attached hydrogen (secondary N) is 1. The lowest BCUT2D eigenvalue weighted by Gasteiger charge is -2.18. The lowest BCUT2D eigenvalue weighted by atomic mass is 10.1. The molecule has 0 saturated carbocycles. The molecular weight excluding hydrogens is 256 g/mol. The molecule has 5 nitrogen and oxygen atoms in total. The Hall–Kier alpha value is -1.46. The van der Waals surface area contributed by atoms with Gasteiger partial charge in [-0.25, -0.2) is 4.79 Å². The Kier molecular flexibility index (Phi) is 5.25. The number of rotatable bonds is 5. The summed E-state index contributed by atoms with van der Waals surface area (Å²) in [5.41, 5.74) is 6.89. The lowest BCUT2D eigenvalue weighted by molar-refractivity contribution is 0.0601. The number of ether oxygens (including phenoxy) is 2. The highest BCUT2D eigenvalue weighted by atomic mass is 35.5. The summed E-state index contributed by atoms with van der Waals surface area (Å²) in [5.74, 6) is -0.490. The molecule has 1 aromatic carbocycles. The van der Waals surface area contributed by atoms with Gasteiger partial charge in [-0.15, -0.1) is 0 Å². The van der Waals surface area contributed by atoms with E-state index in [2.05, 4.69) is 5.32 Å². The number of anilines is 2. The Labute approximate surface area is 111 Å². The fourth-order valence-electron chi connectivity index (χ4n) is 1.58. The summed E-state index contributed by atoms with van der Waals surface area (Å²) in [5, 5.41) is 3.48. The summed E-state index contributed by atoms with van der Waals surface area (Å²) in [7, 11) is 2.91. The summed E-state index contributed by atoms with van der Waals surface area (Å²) in [6.07, 6.45) is 0. The van der Waals surface area contributed by atoms with E-state index in [1.54, 1.807) is 13.2 Å². The monoisotopic (exact) mass is 272 g/mol. The van der Waals surface area contributed by atoms with Gasteiger partial charge < -0.3 is 20.5 Å². The standard InChI is InChI=1S/C12H17ClN2O3/c1-7(6-17-2)15-11-9(12(16)18-3)4-8(14)5-10(11)13/h4-5,7,15H,6,14H2,1-3H3. The molecule has 1 aromatic rings. The van der Waals surface area contributed by atoms with E-state index in [4.69, 9.17) is 26.8 Å². The Morgan fingerprint density at radius 1 is 1.50 bits per heavy atom. The smallest absolute Gasteiger partial charge is 0.340 e. The van der Waals surface area contributed by atoms with Crippen molar-refractivity contribution in [3.63, 3.8) is 0 Å². The molecule has 1 unspecified atom stereocenters. The van der Waals surface area contributed by atoms with E-state index >= 15 is 0 Å². The Morgan fingerprint density at radius 2 is 2.17 bits per heavy atom. The maximum Gasteiger partial charge on any atom is 0.340 e. The van der Waals surface area contributed by atoms with Crippen LogP contribution < -0.4 is 11.1 Å². The number of nitrogen functional groups attached to an aromatic ring is 1. The number of methoxy groups -OCH3 is 2. The number of carbonyl (C=O) groups excluding carboxylic acids is 1. The minimum Gasteiger partial charge on any atom is -0.465 e. The van der Waals surface area contributed by atoms with Gasteiger partial charge in [0, 0.05) is 18.8 Å². The van der Waals surface area contributed by atoms with Gasteiger partial charge in [-0.2, -0.15) is 0 Å². The van der Waals surface area contributed by atoms with Crippen LogP contribution in [0.3, 0.4) is 0 Å². The van der Waals surface area contributed by atoms with Crippen molar-refractivity contribution in [1.29, 1.82) is 0 Å². The van der Waals surface area contributed by atoms with Gasteiger partial charge in [0.15, 0.2) is 0 Å². The third-order valence-electron chi connectivity index (χ3n) is 2.33. The maximum absolute atomic E-state index is 11.7. The van der Waals surface area contributed by atoms with E-state index in [0.717, 1.165) is 0 Å². The third kappa shape index (κ3) is 3.51. The first kappa shape index (κ1) is 14.6. The molecule has 0 heterocycles. The average Bonchev–Trinajstić information content (AvgIpc) is 2.31. The van der Waals surface area contributed by atoms with Gasteiger partial charge in [0.05, 0.1) is 30.0 Å². The molecule has 0 aliphatic heterocycles. The van der Waals surface area contributed by atoms with Crippen LogP contribution in [-0.2, 0) is 9.47 Å². The molecule has 0 radical (unpaired) electrons. The highest BCUT2D eigenvalue weighted by Gasteiger charge is 2.17. The first-order valence-corrected chi connectivity index (χ1v) is 5.80. The van der Waals surface area contributed by atoms with Gasteiger partial charge in [0.2, 0.25) is 0 Å². The molecule has 0 bridgehead atoms. The molecule has 0 aliphatic rings. The second kappa shape index (κ2) is 6.47. The number of carbonyl (C=O) groups is 1. The Morgan fingerprint density at radius 3 is 2.72 bits per heavy atom. The van der Waals surface area contributed by atoms with Crippen molar-refractivity contribution < 1.29 is 14.3 Å². The minimum absolute atomic E-state index is 0.000435. The maximum atomic E-state index is 11.7. The predicted octanol–water partition coefficient (Wildman–Crippen LogP) is 2.16. The summed E-state index contributed by atoms with van der Waals surface area (Å²) in [6.45, 7) is 2.40. The second-order valence-electron chi connectivity index (χ2n) is 3.92. The molecule has 0 amide bonds. The van der Waals surface area contributed by atoms with Crippen LogP contribution in [0.15, 0.2) is 12.1 Å². The number of nitrogens with two attached hydrogens (primary N) is 1. The van der Waals surface area contributed by atoms with Gasteiger partial charge in [-0.1, -0.05) is 11.6 Å². The van der Waals surface area contributed by atoms with Crippen LogP contribution in [0.5, 0.6) is 0 Å². The summed E-state index contributed by atoms with van der Waals surface area (Å²) >= 11 is 6.09. The van der Waals surface area contributed by atoms with Crippen LogP contribution in [0.25, 0.3) is 0 Å². The van der Waals surface area contributed by atoms with Crippen molar-refractivity contribution in [1.82, 2.24) is 0 Å². The van der Waals surface area contributed by atoms with Crippen molar-refractivity contribution in [2.45, 2.75) is 13.0 Å². The SMILES string of the molecule is COCC(C)Nc1c(Cl)cc(N)cc1C(=O)OC. The molecule has 1 rings (SSSR count). The molecule has 0 saturated heterocycles. The molecule has 6 heteroatoms. The summed E-state index contributed by atoms with van der Waals surface area (Å²) < 4.78 is 9.72. The van der Waals surface area contributed by atoms with Crippen molar-refractivity contribution in [3.8, 4) is 0 Å². The van der Waals surface area contributed by atoms with E-state index in [-0.39, 0.29) is 6.04 Å². The zero-order valence-electron chi connectivity index (χ0n) is 10.6. The quantitative estimate of drug-likeness (QED) is 0.635. The van der Waals surface area contributed by atoms with Gasteiger partial charge in [-0.3, -0.25) is 0 Å². The lowest BCUT2D eigenvalue weighted by Crippen LogP contribution is -2.23. The number of esters is 1. The van der Waals surface area contributed by atoms with Gasteiger partial charge in [-0.05, 0) is 19.1 Å². The molecule has 18 heavy (non-hydrogen) atoms. The zero-order chi connectivity index (χ0) is 13.7. The fraction of sp³-hybridized carbons (Fsp3) is 0.417. The van der Waals surface area contributed by atoms with Crippen LogP contribution >= 0.6 is 11.6 Å². The fourth-order valence-corrected chi connectivity index (χ4v) is 1.87. The molecule has 0 aromatic heterocycles. The highest BCUT2D eigenvalue weighted by molar-refractivity contribution is 6.34. The van der Waals surface area contributed by atoms with Crippen LogP contribution in [-0.4, -0.2) is 32.8 Å². The first-order chi connectivity index (χ1) is 8.49. The van der Waals surface area contributed by atoms with E-state index in [1.807, 2.05) is 6.92 Å². The topological polar surface area (TPSA) is 73.6 Å². The Balaban J connectivity index is 3.11. The van der Waals surface area contributed by atoms with E-state index in [0.29, 0.717) is 28.6 Å². The highest BCUT2D eigenvalue weighted by Crippen LogP contribution is 2.30. The molecule has 1 atom stereocenters.